The van der Waals surface area contributed by atoms with Crippen LogP contribution in [0.25, 0.3) is 4.85 Å². The third kappa shape index (κ3) is 4.16. The van der Waals surface area contributed by atoms with Gasteiger partial charge in [-0.2, -0.15) is 0 Å². The summed E-state index contributed by atoms with van der Waals surface area (Å²) in [6.45, 7) is 14.6. The van der Waals surface area contributed by atoms with Gasteiger partial charge in [0.25, 0.3) is 0 Å². The quantitative estimate of drug-likeness (QED) is 0.273. The highest BCUT2D eigenvalue weighted by Crippen LogP contribution is 2.66. The first-order chi connectivity index (χ1) is 18.4. The summed E-state index contributed by atoms with van der Waals surface area (Å²) in [7, 11) is 0. The van der Waals surface area contributed by atoms with Gasteiger partial charge in [0.2, 0.25) is 0 Å². The number of rotatable bonds is 6. The molecule has 0 bridgehead atoms. The van der Waals surface area contributed by atoms with Gasteiger partial charge in [-0.15, -0.1) is 6.58 Å². The molecule has 2 saturated carbocycles. The van der Waals surface area contributed by atoms with E-state index >= 15 is 0 Å². The van der Waals surface area contributed by atoms with Crippen molar-refractivity contribution in [1.29, 1.82) is 0 Å². The van der Waals surface area contributed by atoms with Gasteiger partial charge in [-0.3, -0.25) is 0 Å². The molecule has 3 aromatic rings. The molecule has 0 amide bonds. The molecule has 3 aliphatic carbocycles. The zero-order chi connectivity index (χ0) is 26.3. The average molecular weight is 504 g/mol. The lowest BCUT2D eigenvalue weighted by Gasteiger charge is -2.56. The van der Waals surface area contributed by atoms with Crippen molar-refractivity contribution in [3.63, 3.8) is 0 Å². The number of nitrogens with zero attached hydrogens (tertiary/aromatic N) is 1. The summed E-state index contributed by atoms with van der Waals surface area (Å²) in [5.41, 5.74) is 4.94. The molecule has 2 fully saturated rings. The van der Waals surface area contributed by atoms with Gasteiger partial charge in [0.15, 0.2) is 5.69 Å². The van der Waals surface area contributed by atoms with E-state index in [2.05, 4.69) is 60.8 Å². The highest BCUT2D eigenvalue weighted by Gasteiger charge is 2.63. The summed E-state index contributed by atoms with van der Waals surface area (Å²) in [6.07, 6.45) is 7.86. The van der Waals surface area contributed by atoms with Crippen LogP contribution in [-0.4, -0.2) is 10.7 Å². The summed E-state index contributed by atoms with van der Waals surface area (Å²) in [5, 5.41) is 12.3. The lowest BCUT2D eigenvalue weighted by Crippen LogP contribution is -2.54. The van der Waals surface area contributed by atoms with E-state index in [1.807, 2.05) is 36.4 Å². The maximum Gasteiger partial charge on any atom is 0.187 e. The van der Waals surface area contributed by atoms with E-state index in [1.165, 1.54) is 16.7 Å². The normalized spacial score (nSPS) is 31.4. The van der Waals surface area contributed by atoms with E-state index in [9.17, 15) is 5.11 Å². The van der Waals surface area contributed by atoms with Gasteiger partial charge >= 0.3 is 0 Å². The largest absolute Gasteiger partial charge is 0.489 e. The molecule has 38 heavy (non-hydrogen) atoms. The lowest BCUT2D eigenvalue weighted by molar-refractivity contribution is -0.111. The SMILES string of the molecule is [C-]#[N+]c1ccc2c(c1)CCC1C2[C@@H](C=C)C[C@@]2(C)C1CC[C@@]2(O)Cc1ccc(OCc2ccccc2)cc1. The molecule has 194 valence electrons. The number of ether oxygens (including phenoxy) is 1. The molecule has 6 atom stereocenters. The second-order valence-electron chi connectivity index (χ2n) is 12.0. The molecule has 3 unspecified atom stereocenters. The van der Waals surface area contributed by atoms with Crippen molar-refractivity contribution in [2.45, 2.75) is 63.6 Å². The van der Waals surface area contributed by atoms with Crippen molar-refractivity contribution in [3.05, 3.63) is 119 Å². The van der Waals surface area contributed by atoms with E-state index in [0.717, 1.165) is 49.1 Å². The van der Waals surface area contributed by atoms with Crippen LogP contribution in [0.15, 0.2) is 85.5 Å². The van der Waals surface area contributed by atoms with Crippen LogP contribution in [0.3, 0.4) is 0 Å². The van der Waals surface area contributed by atoms with Crippen molar-refractivity contribution in [2.24, 2.45) is 23.2 Å². The average Bonchev–Trinajstić information content (AvgIpc) is 3.21. The van der Waals surface area contributed by atoms with Crippen LogP contribution in [0.2, 0.25) is 0 Å². The predicted molar refractivity (Wildman–Crippen MR) is 152 cm³/mol. The van der Waals surface area contributed by atoms with Crippen molar-refractivity contribution < 1.29 is 9.84 Å². The minimum Gasteiger partial charge on any atom is -0.489 e. The summed E-state index contributed by atoms with van der Waals surface area (Å²) >= 11 is 0. The summed E-state index contributed by atoms with van der Waals surface area (Å²) < 4.78 is 5.99. The van der Waals surface area contributed by atoms with Crippen LogP contribution in [0.5, 0.6) is 5.75 Å². The van der Waals surface area contributed by atoms with Crippen LogP contribution in [-0.2, 0) is 19.4 Å². The molecule has 0 heterocycles. The zero-order valence-electron chi connectivity index (χ0n) is 22.3. The first kappa shape index (κ1) is 25.0. The molecule has 0 spiro atoms. The topological polar surface area (TPSA) is 33.8 Å². The number of hydrogen-bond donors (Lipinski definition) is 1. The fraction of sp³-hybridized carbons (Fsp3) is 0.400. The molecular formula is C35H37NO2. The minimum absolute atomic E-state index is 0.149. The monoisotopic (exact) mass is 503 g/mol. The maximum atomic E-state index is 12.3. The number of hydrogen-bond acceptors (Lipinski definition) is 2. The molecule has 3 nitrogen and oxygen atoms in total. The Labute approximate surface area is 227 Å². The molecule has 0 aromatic heterocycles. The molecular weight excluding hydrogens is 466 g/mol. The fourth-order valence-corrected chi connectivity index (χ4v) is 8.23. The molecule has 0 radical (unpaired) electrons. The Morgan fingerprint density at radius 3 is 2.58 bits per heavy atom. The fourth-order valence-electron chi connectivity index (χ4n) is 8.23. The molecule has 1 N–H and O–H groups in total. The standard InChI is InChI=1S/C35H37NO2/c1-4-26-22-34(2)32(31-16-12-27-20-28(36-3)13-17-30(27)33(26)31)18-19-35(34,37)21-24-10-14-29(15-11-24)38-23-25-8-6-5-7-9-25/h4-11,13-15,17,20,26,31-33,37H,1,12,16,18-19,21-23H2,2H3/t26-,31?,32?,33?,34-,35+/m0/s1. The number of aryl methyl sites for hydroxylation is 1. The first-order valence-electron chi connectivity index (χ1n) is 14.0. The third-order valence-corrected chi connectivity index (χ3v) is 10.2. The lowest BCUT2D eigenvalue weighted by atomic mass is 9.49. The Kier molecular flexibility index (Phi) is 6.40. The molecule has 0 aliphatic heterocycles. The van der Waals surface area contributed by atoms with Gasteiger partial charge in [-0.25, -0.2) is 4.85 Å². The predicted octanol–water partition coefficient (Wildman–Crippen LogP) is 8.06. The Balaban J connectivity index is 1.21. The summed E-state index contributed by atoms with van der Waals surface area (Å²) in [4.78, 5) is 3.66. The highest BCUT2D eigenvalue weighted by molar-refractivity contribution is 5.52. The van der Waals surface area contributed by atoms with E-state index in [-0.39, 0.29) is 5.41 Å². The van der Waals surface area contributed by atoms with Gasteiger partial charge in [0.1, 0.15) is 12.4 Å². The summed E-state index contributed by atoms with van der Waals surface area (Å²) in [5.74, 6) is 2.67. The molecule has 3 aliphatic rings. The van der Waals surface area contributed by atoms with Gasteiger partial charge in [0, 0.05) is 11.8 Å². The van der Waals surface area contributed by atoms with Crippen LogP contribution < -0.4 is 4.74 Å². The molecule has 3 heteroatoms. The third-order valence-electron chi connectivity index (χ3n) is 10.2. The van der Waals surface area contributed by atoms with E-state index in [4.69, 9.17) is 11.3 Å². The molecule has 3 aromatic carbocycles. The molecule has 6 rings (SSSR count). The summed E-state index contributed by atoms with van der Waals surface area (Å²) in [6, 6.07) is 24.8. The molecule has 0 saturated heterocycles. The van der Waals surface area contributed by atoms with Gasteiger partial charge in [0.05, 0.1) is 12.2 Å². The Morgan fingerprint density at radius 2 is 1.84 bits per heavy atom. The van der Waals surface area contributed by atoms with Crippen molar-refractivity contribution in [3.8, 4) is 5.75 Å². The number of benzene rings is 3. The first-order valence-corrected chi connectivity index (χ1v) is 14.0. The van der Waals surface area contributed by atoms with Crippen LogP contribution in [0.1, 0.15) is 60.8 Å². The van der Waals surface area contributed by atoms with Crippen molar-refractivity contribution in [2.75, 3.05) is 0 Å². The van der Waals surface area contributed by atoms with Crippen LogP contribution in [0.4, 0.5) is 5.69 Å². The Morgan fingerprint density at radius 1 is 1.05 bits per heavy atom. The second-order valence-corrected chi connectivity index (χ2v) is 12.0. The van der Waals surface area contributed by atoms with E-state index in [0.29, 0.717) is 36.7 Å². The number of allylic oxidation sites excluding steroid dienone is 1. The second kappa shape index (κ2) is 9.75. The smallest absolute Gasteiger partial charge is 0.187 e. The maximum absolute atomic E-state index is 12.3. The minimum atomic E-state index is -0.732. The van der Waals surface area contributed by atoms with Crippen LogP contribution >= 0.6 is 0 Å². The van der Waals surface area contributed by atoms with Crippen molar-refractivity contribution >= 4 is 5.69 Å². The van der Waals surface area contributed by atoms with E-state index in [1.54, 1.807) is 0 Å². The zero-order valence-corrected chi connectivity index (χ0v) is 22.3. The highest BCUT2D eigenvalue weighted by atomic mass is 16.5. The Hall–Kier alpha value is -3.35. The Bertz CT molecular complexity index is 1360. The van der Waals surface area contributed by atoms with Crippen LogP contribution in [0, 0.1) is 29.7 Å². The number of aliphatic hydroxyl groups is 1. The van der Waals surface area contributed by atoms with Gasteiger partial charge in [-0.05, 0) is 84.6 Å². The number of fused-ring (bicyclic) bond motifs is 5. The van der Waals surface area contributed by atoms with Crippen molar-refractivity contribution in [1.82, 2.24) is 0 Å². The van der Waals surface area contributed by atoms with E-state index < -0.39 is 5.60 Å². The van der Waals surface area contributed by atoms with Gasteiger partial charge in [-0.1, -0.05) is 79.2 Å². The van der Waals surface area contributed by atoms with Gasteiger partial charge < -0.3 is 9.84 Å².